The molecule has 0 radical (unpaired) electrons. The lowest BCUT2D eigenvalue weighted by Gasteiger charge is -2.27. The molecule has 0 fully saturated rings. The van der Waals surface area contributed by atoms with E-state index in [4.69, 9.17) is 10.5 Å². The van der Waals surface area contributed by atoms with Gasteiger partial charge < -0.3 is 15.8 Å². The van der Waals surface area contributed by atoms with Crippen molar-refractivity contribution in [2.24, 2.45) is 5.73 Å². The van der Waals surface area contributed by atoms with Crippen LogP contribution in [0.3, 0.4) is 0 Å². The highest BCUT2D eigenvalue weighted by molar-refractivity contribution is 6.06. The maximum absolute atomic E-state index is 11.6. The number of carbonyl (C=O) groups is 2. The van der Waals surface area contributed by atoms with E-state index < -0.39 is 23.0 Å². The Morgan fingerprint density at radius 3 is 2.07 bits per heavy atom. The van der Waals surface area contributed by atoms with Gasteiger partial charge >= 0.3 is 5.97 Å². The van der Waals surface area contributed by atoms with E-state index in [0.29, 0.717) is 6.54 Å². The van der Waals surface area contributed by atoms with E-state index in [2.05, 4.69) is 5.32 Å². The van der Waals surface area contributed by atoms with E-state index in [9.17, 15) is 9.59 Å². The molecular weight excluding hydrogens is 196 g/mol. The minimum atomic E-state index is -1.64. The van der Waals surface area contributed by atoms with E-state index in [0.717, 1.165) is 0 Å². The molecule has 5 heteroatoms. The number of nitrogens with two attached hydrogens (primary N) is 1. The molecule has 0 saturated heterocycles. The molecule has 88 valence electrons. The van der Waals surface area contributed by atoms with Gasteiger partial charge in [-0.05, 0) is 34.6 Å². The van der Waals surface area contributed by atoms with Crippen LogP contribution in [0, 0.1) is 0 Å². The molecule has 0 aliphatic carbocycles. The molecule has 0 unspecified atom stereocenters. The van der Waals surface area contributed by atoms with Crippen molar-refractivity contribution in [2.45, 2.75) is 45.8 Å². The molecule has 0 aromatic carbocycles. The maximum atomic E-state index is 11.6. The summed E-state index contributed by atoms with van der Waals surface area (Å²) in [5.74, 6) is -1.25. The van der Waals surface area contributed by atoms with Gasteiger partial charge in [-0.2, -0.15) is 0 Å². The van der Waals surface area contributed by atoms with Crippen molar-refractivity contribution in [3.8, 4) is 0 Å². The predicted molar refractivity (Wildman–Crippen MR) is 57.1 cm³/mol. The lowest BCUT2D eigenvalue weighted by atomic mass is 10.0. The van der Waals surface area contributed by atoms with Gasteiger partial charge in [-0.1, -0.05) is 0 Å². The number of likely N-dealkylation sites (N-methyl/N-ethyl adjacent to an activating group) is 1. The van der Waals surface area contributed by atoms with Crippen LogP contribution in [0.2, 0.25) is 0 Å². The highest BCUT2D eigenvalue weighted by atomic mass is 16.6. The SMILES string of the molecule is CCNC(=O)[C@@](C)(N)C(=O)OC(C)(C)C. The van der Waals surface area contributed by atoms with Crippen LogP contribution in [0.1, 0.15) is 34.6 Å². The molecule has 0 aliphatic heterocycles. The Morgan fingerprint density at radius 2 is 1.73 bits per heavy atom. The van der Waals surface area contributed by atoms with Gasteiger partial charge in [0.15, 0.2) is 5.54 Å². The molecule has 0 spiro atoms. The third kappa shape index (κ3) is 4.29. The highest BCUT2D eigenvalue weighted by Crippen LogP contribution is 2.12. The van der Waals surface area contributed by atoms with Crippen molar-refractivity contribution in [2.75, 3.05) is 6.54 Å². The van der Waals surface area contributed by atoms with Crippen LogP contribution in [0.4, 0.5) is 0 Å². The van der Waals surface area contributed by atoms with E-state index in [1.807, 2.05) is 0 Å². The normalized spacial score (nSPS) is 15.3. The molecule has 0 saturated carbocycles. The summed E-state index contributed by atoms with van der Waals surface area (Å²) >= 11 is 0. The Labute approximate surface area is 90.4 Å². The number of amides is 1. The summed E-state index contributed by atoms with van der Waals surface area (Å²) < 4.78 is 5.05. The summed E-state index contributed by atoms with van der Waals surface area (Å²) in [4.78, 5) is 23.0. The fourth-order valence-corrected chi connectivity index (χ4v) is 0.821. The molecule has 0 aliphatic rings. The second-order valence-electron chi connectivity index (χ2n) is 4.56. The Balaban J connectivity index is 4.59. The van der Waals surface area contributed by atoms with Gasteiger partial charge in [0.25, 0.3) is 5.91 Å². The van der Waals surface area contributed by atoms with Gasteiger partial charge in [0, 0.05) is 6.54 Å². The highest BCUT2D eigenvalue weighted by Gasteiger charge is 2.40. The van der Waals surface area contributed by atoms with Crippen LogP contribution in [-0.4, -0.2) is 29.6 Å². The molecule has 0 bridgehead atoms. The zero-order chi connectivity index (χ0) is 12.3. The molecule has 1 atom stereocenters. The second-order valence-corrected chi connectivity index (χ2v) is 4.56. The molecule has 0 rings (SSSR count). The summed E-state index contributed by atoms with van der Waals surface area (Å²) in [5, 5.41) is 2.49. The molecule has 5 nitrogen and oxygen atoms in total. The van der Waals surface area contributed by atoms with Crippen LogP contribution >= 0.6 is 0 Å². The maximum Gasteiger partial charge on any atom is 0.336 e. The quantitative estimate of drug-likeness (QED) is 0.521. The first-order valence-electron chi connectivity index (χ1n) is 4.92. The van der Waals surface area contributed by atoms with Gasteiger partial charge in [0.05, 0.1) is 0 Å². The monoisotopic (exact) mass is 216 g/mol. The van der Waals surface area contributed by atoms with E-state index in [1.165, 1.54) is 6.92 Å². The third-order valence-corrected chi connectivity index (χ3v) is 1.63. The molecular formula is C10H20N2O3. The fraction of sp³-hybridized carbons (Fsp3) is 0.800. The zero-order valence-electron chi connectivity index (χ0n) is 10.0. The molecule has 3 N–H and O–H groups in total. The standard InChI is InChI=1S/C10H20N2O3/c1-6-12-7(13)10(5,11)8(14)15-9(2,3)4/h6,11H2,1-5H3,(H,12,13)/t10-/m1/s1. The van der Waals surface area contributed by atoms with E-state index in [-0.39, 0.29) is 0 Å². The number of hydrogen-bond acceptors (Lipinski definition) is 4. The van der Waals surface area contributed by atoms with Crippen molar-refractivity contribution >= 4 is 11.9 Å². The largest absolute Gasteiger partial charge is 0.458 e. The number of carbonyl (C=O) groups excluding carboxylic acids is 2. The Hall–Kier alpha value is -1.10. The van der Waals surface area contributed by atoms with Crippen molar-refractivity contribution in [1.29, 1.82) is 0 Å². The average molecular weight is 216 g/mol. The fourth-order valence-electron chi connectivity index (χ4n) is 0.821. The Bertz CT molecular complexity index is 254. The van der Waals surface area contributed by atoms with Gasteiger partial charge in [-0.25, -0.2) is 4.79 Å². The second kappa shape index (κ2) is 4.61. The third-order valence-electron chi connectivity index (χ3n) is 1.63. The van der Waals surface area contributed by atoms with Crippen LogP contribution in [0.25, 0.3) is 0 Å². The summed E-state index contributed by atoms with van der Waals surface area (Å²) in [7, 11) is 0. The summed E-state index contributed by atoms with van der Waals surface area (Å²) in [6, 6.07) is 0. The number of esters is 1. The van der Waals surface area contributed by atoms with Crippen LogP contribution in [0.5, 0.6) is 0 Å². The predicted octanol–water partition coefficient (Wildman–Crippen LogP) is 0.182. The summed E-state index contributed by atoms with van der Waals surface area (Å²) in [6.07, 6.45) is 0. The smallest absolute Gasteiger partial charge is 0.336 e. The summed E-state index contributed by atoms with van der Waals surface area (Å²) in [5.41, 5.74) is 3.33. The van der Waals surface area contributed by atoms with Crippen LogP contribution in [0.15, 0.2) is 0 Å². The Morgan fingerprint density at radius 1 is 1.27 bits per heavy atom. The van der Waals surface area contributed by atoms with Crippen molar-refractivity contribution in [3.05, 3.63) is 0 Å². The number of nitrogens with one attached hydrogen (secondary N) is 1. The summed E-state index contributed by atoms with van der Waals surface area (Å²) in [6.45, 7) is 8.68. The van der Waals surface area contributed by atoms with Crippen molar-refractivity contribution in [3.63, 3.8) is 0 Å². The molecule has 15 heavy (non-hydrogen) atoms. The number of ether oxygens (including phenoxy) is 1. The van der Waals surface area contributed by atoms with Gasteiger partial charge in [-0.15, -0.1) is 0 Å². The lowest BCUT2D eigenvalue weighted by molar-refractivity contribution is -0.163. The van der Waals surface area contributed by atoms with Gasteiger partial charge in [0.1, 0.15) is 5.60 Å². The Kier molecular flexibility index (Phi) is 4.27. The molecule has 0 heterocycles. The van der Waals surface area contributed by atoms with Gasteiger partial charge in [0.2, 0.25) is 0 Å². The lowest BCUT2D eigenvalue weighted by Crippen LogP contribution is -2.59. The van der Waals surface area contributed by atoms with Crippen LogP contribution < -0.4 is 11.1 Å². The molecule has 0 aromatic heterocycles. The van der Waals surface area contributed by atoms with E-state index >= 15 is 0 Å². The molecule has 0 aromatic rings. The number of hydrogen-bond donors (Lipinski definition) is 2. The first kappa shape index (κ1) is 13.9. The minimum Gasteiger partial charge on any atom is -0.458 e. The van der Waals surface area contributed by atoms with Crippen molar-refractivity contribution < 1.29 is 14.3 Å². The molecule has 1 amide bonds. The first-order chi connectivity index (χ1) is 6.61. The van der Waals surface area contributed by atoms with Crippen LogP contribution in [-0.2, 0) is 14.3 Å². The topological polar surface area (TPSA) is 81.4 Å². The van der Waals surface area contributed by atoms with Crippen molar-refractivity contribution in [1.82, 2.24) is 5.32 Å². The van der Waals surface area contributed by atoms with Gasteiger partial charge in [-0.3, -0.25) is 4.79 Å². The first-order valence-corrected chi connectivity index (χ1v) is 4.92. The zero-order valence-corrected chi connectivity index (χ0v) is 10.0. The van der Waals surface area contributed by atoms with E-state index in [1.54, 1.807) is 27.7 Å². The average Bonchev–Trinajstić information content (AvgIpc) is 2.01. The number of rotatable bonds is 3. The minimum absolute atomic E-state index is 0.425.